The first-order chi connectivity index (χ1) is 11.4. The average Bonchev–Trinajstić information content (AvgIpc) is 2.91. The van der Waals surface area contributed by atoms with Crippen molar-refractivity contribution in [1.29, 1.82) is 0 Å². The third-order valence-corrected chi connectivity index (χ3v) is 8.32. The van der Waals surface area contributed by atoms with E-state index in [1.165, 1.54) is 27.1 Å². The van der Waals surface area contributed by atoms with Gasteiger partial charge in [0.15, 0.2) is 0 Å². The van der Waals surface area contributed by atoms with Crippen molar-refractivity contribution >= 4 is 54.5 Å². The van der Waals surface area contributed by atoms with Crippen LogP contribution in [0.25, 0.3) is 33.2 Å². The maximum absolute atomic E-state index is 7.23. The molecule has 1 heterocycles. The van der Waals surface area contributed by atoms with E-state index < -0.39 is 20.4 Å². The molecule has 2 heteroatoms. The van der Waals surface area contributed by atoms with Crippen LogP contribution in [-0.4, -0.2) is 20.4 Å². The first-order valence-electron chi connectivity index (χ1n) is 8.16. The van der Waals surface area contributed by atoms with Crippen molar-refractivity contribution in [1.82, 2.24) is 0 Å². The van der Waals surface area contributed by atoms with Gasteiger partial charge in [0.1, 0.15) is 0 Å². The van der Waals surface area contributed by atoms with Gasteiger partial charge in [-0.1, -0.05) is 0 Å². The quantitative estimate of drug-likeness (QED) is 0.228. The van der Waals surface area contributed by atoms with Gasteiger partial charge in [-0.05, 0) is 0 Å². The van der Waals surface area contributed by atoms with E-state index in [9.17, 15) is 0 Å². The van der Waals surface area contributed by atoms with Crippen molar-refractivity contribution in [2.24, 2.45) is 0 Å². The van der Waals surface area contributed by atoms with Gasteiger partial charge in [0.2, 0.25) is 0 Å². The van der Waals surface area contributed by atoms with Crippen LogP contribution >= 0.6 is 0 Å². The molecule has 0 saturated carbocycles. The standard InChI is InChI=1S/C22H19NTe/c1-13-6-9-18-17-10-7-14-12-15(23-5)8-11-16(14)20(17)24-21(18)19(13)22(2,3)4/h6-12H,1-4H3. The zero-order valence-electron chi connectivity index (χ0n) is 14.4. The predicted molar refractivity (Wildman–Crippen MR) is 106 cm³/mol. The molecule has 1 nitrogen and oxygen atoms in total. The van der Waals surface area contributed by atoms with Crippen LogP contribution in [-0.2, 0) is 5.41 Å². The number of nitrogens with zero attached hydrogens (tertiary/aromatic N) is 1. The summed E-state index contributed by atoms with van der Waals surface area (Å²) >= 11 is -0.412. The first-order valence-corrected chi connectivity index (χ1v) is 10.5. The molecule has 0 unspecified atom stereocenters. The molecule has 0 N–H and O–H groups in total. The Hall–Kier alpha value is -1.80. The molecule has 3 aromatic carbocycles. The SMILES string of the molecule is [C-]#[N+]c1ccc2c(ccc3c4ccc(C)c(C(C)(C)C)c4[te]c23)c1. The summed E-state index contributed by atoms with van der Waals surface area (Å²) in [6.45, 7) is 16.5. The summed E-state index contributed by atoms with van der Waals surface area (Å²) in [4.78, 5) is 3.57. The van der Waals surface area contributed by atoms with E-state index in [4.69, 9.17) is 6.57 Å². The van der Waals surface area contributed by atoms with E-state index in [2.05, 4.69) is 62.9 Å². The molecule has 0 aliphatic carbocycles. The van der Waals surface area contributed by atoms with Gasteiger partial charge in [0.25, 0.3) is 0 Å². The van der Waals surface area contributed by atoms with Crippen LogP contribution in [0.15, 0.2) is 42.5 Å². The van der Waals surface area contributed by atoms with Gasteiger partial charge in [0.05, 0.1) is 0 Å². The van der Waals surface area contributed by atoms with Crippen molar-refractivity contribution in [2.75, 3.05) is 0 Å². The minimum absolute atomic E-state index is 0.176. The average molecular weight is 425 g/mol. The summed E-state index contributed by atoms with van der Waals surface area (Å²) < 4.78 is 3.16. The molecule has 0 fully saturated rings. The van der Waals surface area contributed by atoms with Crippen molar-refractivity contribution in [3.63, 3.8) is 0 Å². The Kier molecular flexibility index (Phi) is 3.50. The number of benzene rings is 3. The topological polar surface area (TPSA) is 4.36 Å². The van der Waals surface area contributed by atoms with Crippen LogP contribution in [0.1, 0.15) is 31.9 Å². The summed E-state index contributed by atoms with van der Waals surface area (Å²) in [5, 5.41) is 5.41. The van der Waals surface area contributed by atoms with Crippen LogP contribution in [0.3, 0.4) is 0 Å². The van der Waals surface area contributed by atoms with Crippen LogP contribution < -0.4 is 0 Å². The van der Waals surface area contributed by atoms with Gasteiger partial charge in [-0.2, -0.15) is 0 Å². The Labute approximate surface area is 152 Å². The van der Waals surface area contributed by atoms with Crippen LogP contribution in [0, 0.1) is 13.5 Å². The number of hydrogen-bond acceptors (Lipinski definition) is 0. The summed E-state index contributed by atoms with van der Waals surface area (Å²) in [6, 6.07) is 15.2. The van der Waals surface area contributed by atoms with E-state index in [0.717, 1.165) is 5.69 Å². The minimum atomic E-state index is -0.412. The zero-order chi connectivity index (χ0) is 17.1. The fraction of sp³-hybridized carbons (Fsp3) is 0.227. The molecule has 0 amide bonds. The van der Waals surface area contributed by atoms with Crippen molar-refractivity contribution in [3.8, 4) is 0 Å². The zero-order valence-corrected chi connectivity index (χ0v) is 16.7. The molecule has 0 spiro atoms. The van der Waals surface area contributed by atoms with Gasteiger partial charge in [0, 0.05) is 0 Å². The Morgan fingerprint density at radius 3 is 2.25 bits per heavy atom. The Bertz CT molecular complexity index is 1150. The monoisotopic (exact) mass is 427 g/mol. The second-order valence-electron chi connectivity index (χ2n) is 7.45. The van der Waals surface area contributed by atoms with E-state index in [-0.39, 0.29) is 5.41 Å². The molecule has 118 valence electrons. The first kappa shape index (κ1) is 15.7. The molecule has 4 rings (SSSR count). The van der Waals surface area contributed by atoms with Gasteiger partial charge < -0.3 is 0 Å². The Morgan fingerprint density at radius 2 is 1.54 bits per heavy atom. The number of fused-ring (bicyclic) bond motifs is 5. The van der Waals surface area contributed by atoms with Gasteiger partial charge >= 0.3 is 153 Å². The normalized spacial score (nSPS) is 12.1. The third kappa shape index (κ3) is 2.28. The molecule has 0 atom stereocenters. The number of rotatable bonds is 0. The number of aryl methyl sites for hydroxylation is 1. The van der Waals surface area contributed by atoms with Crippen molar-refractivity contribution < 1.29 is 0 Å². The molecule has 0 bridgehead atoms. The predicted octanol–water partition coefficient (Wildman–Crippen LogP) is 6.36. The van der Waals surface area contributed by atoms with Gasteiger partial charge in [-0.15, -0.1) is 0 Å². The maximum atomic E-state index is 7.23. The second kappa shape index (κ2) is 5.35. The molecule has 0 radical (unpaired) electrons. The summed E-state index contributed by atoms with van der Waals surface area (Å²) in [6.07, 6.45) is 0. The molecule has 0 saturated heterocycles. The van der Waals surface area contributed by atoms with Gasteiger partial charge in [-0.25, -0.2) is 0 Å². The summed E-state index contributed by atoms with van der Waals surface area (Å²) in [5.41, 5.74) is 3.86. The second-order valence-corrected chi connectivity index (χ2v) is 10.4. The van der Waals surface area contributed by atoms with E-state index in [1.54, 1.807) is 12.4 Å². The molecular formula is C22H19NTe. The summed E-state index contributed by atoms with van der Waals surface area (Å²) in [5.74, 6) is 0. The molecule has 0 aliphatic rings. The molecule has 4 aromatic rings. The van der Waals surface area contributed by atoms with Crippen molar-refractivity contribution in [2.45, 2.75) is 33.1 Å². The Morgan fingerprint density at radius 1 is 0.875 bits per heavy atom. The molecule has 0 aliphatic heterocycles. The summed E-state index contributed by atoms with van der Waals surface area (Å²) in [7, 11) is 0. The molecule has 1 aromatic heterocycles. The van der Waals surface area contributed by atoms with E-state index >= 15 is 0 Å². The van der Waals surface area contributed by atoms with Crippen molar-refractivity contribution in [3.05, 3.63) is 65.0 Å². The van der Waals surface area contributed by atoms with Crippen LogP contribution in [0.2, 0.25) is 0 Å². The van der Waals surface area contributed by atoms with Gasteiger partial charge in [-0.3, -0.25) is 0 Å². The Balaban J connectivity index is 2.19. The van der Waals surface area contributed by atoms with Crippen LogP contribution in [0.5, 0.6) is 0 Å². The fourth-order valence-electron chi connectivity index (χ4n) is 3.71. The fourth-order valence-corrected chi connectivity index (χ4v) is 8.41. The third-order valence-electron chi connectivity index (χ3n) is 4.69. The number of hydrogen-bond donors (Lipinski definition) is 0. The molecule has 24 heavy (non-hydrogen) atoms. The molecular weight excluding hydrogens is 406 g/mol. The van der Waals surface area contributed by atoms with E-state index in [1.807, 2.05) is 12.1 Å². The van der Waals surface area contributed by atoms with Crippen LogP contribution in [0.4, 0.5) is 5.69 Å². The van der Waals surface area contributed by atoms with E-state index in [0.29, 0.717) is 0 Å².